The van der Waals surface area contributed by atoms with Crippen molar-refractivity contribution in [3.63, 3.8) is 0 Å². The van der Waals surface area contributed by atoms with Crippen LogP contribution in [0.1, 0.15) is 25.5 Å². The topological polar surface area (TPSA) is 29.1 Å². The average molecular weight is 232 g/mol. The van der Waals surface area contributed by atoms with Gasteiger partial charge in [-0.3, -0.25) is 4.79 Å². The highest BCUT2D eigenvalue weighted by Crippen LogP contribution is 2.25. The molecule has 0 bridgehead atoms. The lowest BCUT2D eigenvalue weighted by Gasteiger charge is -2.13. The Hall–Kier alpha value is -0.730. The number of hydrogen-bond acceptors (Lipinski definition) is 1. The van der Waals surface area contributed by atoms with Crippen molar-refractivity contribution in [2.24, 2.45) is 0 Å². The maximum Gasteiger partial charge on any atom is 0.217 e. The SMILES string of the molecule is CC(=O)N[C@H](C)c1ccc(Cl)c(Cl)c1. The summed E-state index contributed by atoms with van der Waals surface area (Å²) >= 11 is 11.6. The highest BCUT2D eigenvalue weighted by atomic mass is 35.5. The second-order valence-electron chi connectivity index (χ2n) is 3.10. The van der Waals surface area contributed by atoms with Gasteiger partial charge in [-0.15, -0.1) is 0 Å². The molecular weight excluding hydrogens is 221 g/mol. The minimum atomic E-state index is -0.0661. The molecule has 0 saturated heterocycles. The van der Waals surface area contributed by atoms with Gasteiger partial charge in [-0.05, 0) is 24.6 Å². The standard InChI is InChI=1S/C10H11Cl2NO/c1-6(13-7(2)14)8-3-4-9(11)10(12)5-8/h3-6H,1-2H3,(H,13,14)/t6-/m1/s1. The summed E-state index contributed by atoms with van der Waals surface area (Å²) in [6.45, 7) is 3.37. The van der Waals surface area contributed by atoms with E-state index in [1.54, 1.807) is 12.1 Å². The summed E-state index contributed by atoms with van der Waals surface area (Å²) in [5, 5.41) is 3.79. The largest absolute Gasteiger partial charge is 0.350 e. The van der Waals surface area contributed by atoms with Gasteiger partial charge in [0.1, 0.15) is 0 Å². The molecule has 0 saturated carbocycles. The average Bonchev–Trinajstić information content (AvgIpc) is 2.08. The highest BCUT2D eigenvalue weighted by molar-refractivity contribution is 6.42. The van der Waals surface area contributed by atoms with Crippen molar-refractivity contribution in [3.8, 4) is 0 Å². The van der Waals surface area contributed by atoms with Crippen LogP contribution in [-0.2, 0) is 4.79 Å². The first kappa shape index (κ1) is 11.3. The van der Waals surface area contributed by atoms with Crippen molar-refractivity contribution in [1.29, 1.82) is 0 Å². The smallest absolute Gasteiger partial charge is 0.217 e. The van der Waals surface area contributed by atoms with E-state index < -0.39 is 0 Å². The maximum absolute atomic E-state index is 10.8. The number of carbonyl (C=O) groups is 1. The van der Waals surface area contributed by atoms with Crippen LogP contribution in [-0.4, -0.2) is 5.91 Å². The Bertz CT molecular complexity index is 352. The van der Waals surface area contributed by atoms with Crippen molar-refractivity contribution < 1.29 is 4.79 Å². The Morgan fingerprint density at radius 3 is 2.50 bits per heavy atom. The fraction of sp³-hybridized carbons (Fsp3) is 0.300. The molecule has 0 aliphatic heterocycles. The van der Waals surface area contributed by atoms with E-state index in [4.69, 9.17) is 23.2 Å². The molecule has 1 rings (SSSR count). The molecule has 1 N–H and O–H groups in total. The van der Waals surface area contributed by atoms with Crippen LogP contribution in [0.2, 0.25) is 10.0 Å². The molecule has 0 aliphatic rings. The second-order valence-corrected chi connectivity index (χ2v) is 3.91. The third kappa shape index (κ3) is 2.89. The summed E-state index contributed by atoms with van der Waals surface area (Å²) < 4.78 is 0. The van der Waals surface area contributed by atoms with Crippen LogP contribution >= 0.6 is 23.2 Å². The fourth-order valence-corrected chi connectivity index (χ4v) is 1.48. The minimum absolute atomic E-state index is 0.0535. The fourth-order valence-electron chi connectivity index (χ4n) is 1.17. The zero-order valence-corrected chi connectivity index (χ0v) is 9.49. The van der Waals surface area contributed by atoms with E-state index in [1.807, 2.05) is 13.0 Å². The molecule has 1 amide bonds. The predicted octanol–water partition coefficient (Wildman–Crippen LogP) is 3.19. The molecule has 0 spiro atoms. The Balaban J connectivity index is 2.85. The first-order valence-electron chi connectivity index (χ1n) is 4.22. The molecule has 4 heteroatoms. The number of benzene rings is 1. The number of carbonyl (C=O) groups excluding carboxylic acids is 1. The number of nitrogens with one attached hydrogen (secondary N) is 1. The van der Waals surface area contributed by atoms with Crippen LogP contribution in [0.15, 0.2) is 18.2 Å². The molecule has 0 unspecified atom stereocenters. The zero-order valence-electron chi connectivity index (χ0n) is 7.97. The molecule has 0 radical (unpaired) electrons. The lowest BCUT2D eigenvalue weighted by atomic mass is 10.1. The molecule has 1 aromatic carbocycles. The maximum atomic E-state index is 10.8. The molecule has 0 fully saturated rings. The Morgan fingerprint density at radius 2 is 2.00 bits per heavy atom. The van der Waals surface area contributed by atoms with Crippen LogP contribution in [0.25, 0.3) is 0 Å². The normalized spacial score (nSPS) is 12.3. The van der Waals surface area contributed by atoms with Gasteiger partial charge in [-0.2, -0.15) is 0 Å². The third-order valence-corrected chi connectivity index (χ3v) is 2.60. The molecule has 76 valence electrons. The molecular formula is C10H11Cl2NO. The van der Waals surface area contributed by atoms with Crippen molar-refractivity contribution in [1.82, 2.24) is 5.32 Å². The summed E-state index contributed by atoms with van der Waals surface area (Å²) in [6.07, 6.45) is 0. The van der Waals surface area contributed by atoms with Gasteiger partial charge in [0, 0.05) is 6.92 Å². The zero-order chi connectivity index (χ0) is 10.7. The van der Waals surface area contributed by atoms with Crippen LogP contribution in [0.5, 0.6) is 0 Å². The lowest BCUT2D eigenvalue weighted by molar-refractivity contribution is -0.119. The second kappa shape index (κ2) is 4.67. The minimum Gasteiger partial charge on any atom is -0.350 e. The summed E-state index contributed by atoms with van der Waals surface area (Å²) in [7, 11) is 0. The van der Waals surface area contributed by atoms with Crippen LogP contribution in [0.4, 0.5) is 0 Å². The number of halogens is 2. The van der Waals surface area contributed by atoms with Crippen molar-refractivity contribution in [2.75, 3.05) is 0 Å². The molecule has 0 heterocycles. The third-order valence-electron chi connectivity index (χ3n) is 1.86. The summed E-state index contributed by atoms with van der Waals surface area (Å²) in [4.78, 5) is 10.8. The monoisotopic (exact) mass is 231 g/mol. The summed E-state index contributed by atoms with van der Waals surface area (Å²) in [5.41, 5.74) is 0.939. The quantitative estimate of drug-likeness (QED) is 0.833. The van der Waals surface area contributed by atoms with Gasteiger partial charge in [0.2, 0.25) is 5.91 Å². The van der Waals surface area contributed by atoms with E-state index in [0.29, 0.717) is 10.0 Å². The summed E-state index contributed by atoms with van der Waals surface area (Å²) in [6, 6.07) is 5.26. The Morgan fingerprint density at radius 1 is 1.36 bits per heavy atom. The molecule has 14 heavy (non-hydrogen) atoms. The van der Waals surface area contributed by atoms with Crippen LogP contribution < -0.4 is 5.32 Å². The van der Waals surface area contributed by atoms with Crippen LogP contribution in [0, 0.1) is 0 Å². The lowest BCUT2D eigenvalue weighted by Crippen LogP contribution is -2.23. The van der Waals surface area contributed by atoms with Gasteiger partial charge < -0.3 is 5.32 Å². The van der Waals surface area contributed by atoms with E-state index in [1.165, 1.54) is 6.92 Å². The summed E-state index contributed by atoms with van der Waals surface area (Å²) in [5.74, 6) is -0.0661. The first-order valence-corrected chi connectivity index (χ1v) is 4.98. The van der Waals surface area contributed by atoms with Gasteiger partial charge in [-0.1, -0.05) is 29.3 Å². The molecule has 0 aliphatic carbocycles. The van der Waals surface area contributed by atoms with Gasteiger partial charge in [0.25, 0.3) is 0 Å². The van der Waals surface area contributed by atoms with Crippen molar-refractivity contribution in [2.45, 2.75) is 19.9 Å². The number of rotatable bonds is 2. The van der Waals surface area contributed by atoms with E-state index >= 15 is 0 Å². The molecule has 0 aromatic heterocycles. The van der Waals surface area contributed by atoms with Gasteiger partial charge in [0.15, 0.2) is 0 Å². The van der Waals surface area contributed by atoms with E-state index in [0.717, 1.165) is 5.56 Å². The first-order chi connectivity index (χ1) is 6.50. The number of amides is 1. The number of hydrogen-bond donors (Lipinski definition) is 1. The molecule has 2 nitrogen and oxygen atoms in total. The molecule has 1 aromatic rings. The Kier molecular flexibility index (Phi) is 3.78. The molecule has 1 atom stereocenters. The van der Waals surface area contributed by atoms with E-state index in [2.05, 4.69) is 5.32 Å². The van der Waals surface area contributed by atoms with E-state index in [-0.39, 0.29) is 11.9 Å². The van der Waals surface area contributed by atoms with Gasteiger partial charge in [-0.25, -0.2) is 0 Å². The highest BCUT2D eigenvalue weighted by Gasteiger charge is 2.07. The van der Waals surface area contributed by atoms with Crippen molar-refractivity contribution in [3.05, 3.63) is 33.8 Å². The van der Waals surface area contributed by atoms with Gasteiger partial charge >= 0.3 is 0 Å². The van der Waals surface area contributed by atoms with E-state index in [9.17, 15) is 4.79 Å². The van der Waals surface area contributed by atoms with Crippen LogP contribution in [0.3, 0.4) is 0 Å². The Labute approximate surface area is 93.2 Å². The van der Waals surface area contributed by atoms with Gasteiger partial charge in [0.05, 0.1) is 16.1 Å². The van der Waals surface area contributed by atoms with Crippen molar-refractivity contribution >= 4 is 29.1 Å². The predicted molar refractivity (Wildman–Crippen MR) is 58.7 cm³/mol.